The molecule has 4 rings (SSSR count). The molecule has 1 radical (unpaired) electrons. The van der Waals surface area contributed by atoms with E-state index in [1.54, 1.807) is 19.1 Å². The average molecular weight is 690 g/mol. The van der Waals surface area contributed by atoms with Gasteiger partial charge in [0, 0.05) is 62.5 Å². The molecule has 2 heterocycles. The van der Waals surface area contributed by atoms with Crippen molar-refractivity contribution in [3.8, 4) is 22.6 Å². The zero-order chi connectivity index (χ0) is 33.9. The van der Waals surface area contributed by atoms with E-state index in [1.165, 1.54) is 13.8 Å². The van der Waals surface area contributed by atoms with Crippen LogP contribution >= 0.6 is 0 Å². The molecule has 47 heavy (non-hydrogen) atoms. The van der Waals surface area contributed by atoms with E-state index in [0.29, 0.717) is 17.1 Å². The third kappa shape index (κ3) is 16.8. The van der Waals surface area contributed by atoms with Crippen molar-refractivity contribution in [1.29, 1.82) is 0 Å². The van der Waals surface area contributed by atoms with E-state index >= 15 is 0 Å². The van der Waals surface area contributed by atoms with Crippen LogP contribution in [0.25, 0.3) is 32.3 Å². The summed E-state index contributed by atoms with van der Waals surface area (Å²) in [5.41, 5.74) is 2.06. The molecule has 0 saturated carbocycles. The molecule has 0 unspecified atom stereocenters. The van der Waals surface area contributed by atoms with Gasteiger partial charge in [0.2, 0.25) is 0 Å². The molecule has 0 atom stereocenters. The minimum absolute atomic E-state index is 0. The van der Waals surface area contributed by atoms with Gasteiger partial charge in [0.05, 0.1) is 19.6 Å². The van der Waals surface area contributed by atoms with E-state index in [9.17, 15) is 19.2 Å². The molecule has 0 aliphatic heterocycles. The molecule has 0 amide bonds. The number of rotatable bonds is 6. The van der Waals surface area contributed by atoms with Crippen LogP contribution in [0.3, 0.4) is 0 Å². The summed E-state index contributed by atoms with van der Waals surface area (Å²) in [6.45, 7) is 22.2. The first-order valence-electron chi connectivity index (χ1n) is 13.3. The second-order valence-corrected chi connectivity index (χ2v) is 9.52. The average Bonchev–Trinajstić information content (AvgIpc) is 3.01. The van der Waals surface area contributed by atoms with Gasteiger partial charge in [-0.05, 0) is 49.9 Å². The van der Waals surface area contributed by atoms with Gasteiger partial charge in [0.1, 0.15) is 23.1 Å². The molecule has 11 nitrogen and oxygen atoms in total. The summed E-state index contributed by atoms with van der Waals surface area (Å²) in [5.74, 6) is 0.993. The Labute approximate surface area is 357 Å². The molecule has 0 spiro atoms. The first-order valence-corrected chi connectivity index (χ1v) is 13.3. The van der Waals surface area contributed by atoms with Crippen molar-refractivity contribution in [1.82, 2.24) is 0 Å². The number of carbonyl (C=O) groups is 3. The van der Waals surface area contributed by atoms with Crippen LogP contribution in [0, 0.1) is 20.1 Å². The number of aryl methyl sites for hydroxylation is 1. The molecule has 0 aliphatic carbocycles. The predicted octanol–water partition coefficient (Wildman–Crippen LogP) is 2.76. The third-order valence-corrected chi connectivity index (χ3v) is 5.57. The summed E-state index contributed by atoms with van der Waals surface area (Å²) in [4.78, 5) is 61.0. The Hall–Kier alpha value is -2.64. The van der Waals surface area contributed by atoms with Crippen LogP contribution in [0.4, 0.5) is 11.4 Å². The SMILES string of the molecule is CC(=O)CC(C)=O.O=CO[O-].[C-]#[N+]c1c(C(C)C)cc(-c2ccccc2)oc1=O.[C-]#[N+]c1c(C)cc(-c2ccccc2)oc1=O.[K+].[K]. The van der Waals surface area contributed by atoms with Gasteiger partial charge >= 0.3 is 62.6 Å². The zero-order valence-electron chi connectivity index (χ0n) is 27.4. The van der Waals surface area contributed by atoms with Crippen LogP contribution < -0.4 is 67.9 Å². The number of hydrogen-bond acceptors (Lipinski definition) is 9. The molecule has 13 heteroatoms. The van der Waals surface area contributed by atoms with Crippen molar-refractivity contribution < 1.29 is 84.7 Å². The van der Waals surface area contributed by atoms with Crippen LogP contribution in [-0.4, -0.2) is 69.4 Å². The van der Waals surface area contributed by atoms with Crippen molar-refractivity contribution in [2.45, 2.75) is 47.0 Å². The Morgan fingerprint density at radius 3 is 1.51 bits per heavy atom. The summed E-state index contributed by atoms with van der Waals surface area (Å²) in [6.07, 6.45) is 0.0833. The van der Waals surface area contributed by atoms with Crippen LogP contribution in [0.15, 0.2) is 91.2 Å². The molecular weight excluding hydrogens is 659 g/mol. The van der Waals surface area contributed by atoms with Gasteiger partial charge in [-0.2, -0.15) is 0 Å². The van der Waals surface area contributed by atoms with Crippen LogP contribution in [0.5, 0.6) is 0 Å². The topological polar surface area (TPSA) is 153 Å². The fraction of sp³-hybridized carbons (Fsp3) is 0.206. The minimum Gasteiger partial charge on any atom is -0.662 e. The van der Waals surface area contributed by atoms with Crippen LogP contribution in [0.1, 0.15) is 51.2 Å². The van der Waals surface area contributed by atoms with Gasteiger partial charge in [-0.1, -0.05) is 74.5 Å². The molecule has 2 aromatic heterocycles. The number of carbonyl (C=O) groups excluding carboxylic acids is 3. The molecule has 0 fully saturated rings. The maximum atomic E-state index is 11.8. The van der Waals surface area contributed by atoms with E-state index < -0.39 is 11.3 Å². The smallest absolute Gasteiger partial charge is 0.662 e. The van der Waals surface area contributed by atoms with Gasteiger partial charge in [-0.25, -0.2) is 9.69 Å². The van der Waals surface area contributed by atoms with Gasteiger partial charge in [0.25, 0.3) is 17.8 Å². The van der Waals surface area contributed by atoms with E-state index in [1.807, 2.05) is 74.5 Å². The third-order valence-electron chi connectivity index (χ3n) is 5.57. The number of benzene rings is 2. The van der Waals surface area contributed by atoms with Gasteiger partial charge in [-0.15, -0.1) is 0 Å². The van der Waals surface area contributed by atoms with Crippen molar-refractivity contribution in [2.75, 3.05) is 0 Å². The van der Waals surface area contributed by atoms with Crippen molar-refractivity contribution in [2.24, 2.45) is 0 Å². The van der Waals surface area contributed by atoms with Gasteiger partial charge < -0.3 is 19.0 Å². The van der Waals surface area contributed by atoms with Gasteiger partial charge in [0.15, 0.2) is 0 Å². The fourth-order valence-corrected chi connectivity index (χ4v) is 3.63. The Balaban J connectivity index is 0. The number of Topliss-reactive ketones (excluding diaryl/α,β-unsaturated/α-hetero) is 2. The minimum atomic E-state index is -0.575. The first-order chi connectivity index (χ1) is 21.4. The summed E-state index contributed by atoms with van der Waals surface area (Å²) in [5, 5.41) is 8.43. The molecule has 233 valence electrons. The van der Waals surface area contributed by atoms with Crippen LogP contribution in [-0.2, 0) is 19.3 Å². The maximum Gasteiger partial charge on any atom is 1.00 e. The molecule has 4 aromatic rings. The van der Waals surface area contributed by atoms with Crippen LogP contribution in [0.2, 0.25) is 0 Å². The Kier molecular flexibility index (Phi) is 25.1. The van der Waals surface area contributed by atoms with Crippen molar-refractivity contribution >= 4 is 80.8 Å². The molecular formula is C34H31K2N2O9. The maximum absolute atomic E-state index is 11.8. The Bertz CT molecular complexity index is 1780. The summed E-state index contributed by atoms with van der Waals surface area (Å²) < 4.78 is 10.3. The second-order valence-electron chi connectivity index (χ2n) is 9.52. The normalized spacial score (nSPS) is 8.96. The van der Waals surface area contributed by atoms with Crippen molar-refractivity contribution in [3.63, 3.8) is 0 Å². The summed E-state index contributed by atoms with van der Waals surface area (Å²) in [7, 11) is 0. The standard InChI is InChI=1S/C15H13NO2.C13H9NO2.C5H8O2.CH2O3.2K/c1-10(2)12-9-13(11-7-5-4-6-8-11)18-15(17)14(12)16-3;1-9-8-11(10-6-4-3-5-7-10)16-13(15)12(9)14-2;1-4(6)3-5(2)7;2-1-4-3;;/h4-10H,1-2H3;3-8H,1H3;3H2,1-2H3;1,3H;;/q;;;;;+1/p-1. The first kappa shape index (κ1) is 46.5. The number of ketones is 2. The predicted molar refractivity (Wildman–Crippen MR) is 171 cm³/mol. The van der Waals surface area contributed by atoms with Gasteiger partial charge in [-0.3, -0.25) is 24.0 Å². The summed E-state index contributed by atoms with van der Waals surface area (Å²) >= 11 is 0. The number of hydrogen-bond donors (Lipinski definition) is 0. The Morgan fingerprint density at radius 1 is 0.830 bits per heavy atom. The fourth-order valence-electron chi connectivity index (χ4n) is 3.63. The van der Waals surface area contributed by atoms with Crippen molar-refractivity contribution in [3.05, 3.63) is 128 Å². The molecule has 0 bridgehead atoms. The van der Waals surface area contributed by atoms with E-state index in [0.717, 1.165) is 16.7 Å². The van der Waals surface area contributed by atoms with E-state index in [-0.39, 0.29) is 145 Å². The van der Waals surface area contributed by atoms with E-state index in [2.05, 4.69) is 14.6 Å². The molecule has 0 N–H and O–H groups in total. The van der Waals surface area contributed by atoms with E-state index in [4.69, 9.17) is 32.0 Å². The second kappa shape index (κ2) is 25.4. The molecule has 2 aromatic carbocycles. The quantitative estimate of drug-likeness (QED) is 0.0743. The summed E-state index contributed by atoms with van der Waals surface area (Å²) in [6, 6.07) is 22.3. The Morgan fingerprint density at radius 2 is 1.21 bits per heavy atom. The largest absolute Gasteiger partial charge is 1.00 e. The monoisotopic (exact) mass is 689 g/mol. The molecule has 0 saturated heterocycles. The zero-order valence-corrected chi connectivity index (χ0v) is 33.6. The molecule has 0 aliphatic rings. The number of nitrogens with zero attached hydrogens (tertiary/aromatic N) is 2.